The molecule has 1 saturated carbocycles. The van der Waals surface area contributed by atoms with Crippen LogP contribution in [0.4, 0.5) is 0 Å². The SMILES string of the molecule is CN1CCC(N(Cc2ccco2)C(=O)c2cn(CC3CC3)nn2)CC1. The van der Waals surface area contributed by atoms with Crippen LogP contribution in [0, 0.1) is 5.92 Å². The van der Waals surface area contributed by atoms with Crippen molar-refractivity contribution in [2.24, 2.45) is 5.92 Å². The van der Waals surface area contributed by atoms with Crippen molar-refractivity contribution in [3.63, 3.8) is 0 Å². The van der Waals surface area contributed by atoms with Crippen molar-refractivity contribution in [1.82, 2.24) is 24.8 Å². The summed E-state index contributed by atoms with van der Waals surface area (Å²) in [6.45, 7) is 3.35. The summed E-state index contributed by atoms with van der Waals surface area (Å²) in [5.41, 5.74) is 0.436. The van der Waals surface area contributed by atoms with Gasteiger partial charge in [0.2, 0.25) is 0 Å². The Morgan fingerprint density at radius 2 is 2.12 bits per heavy atom. The predicted molar refractivity (Wildman–Crippen MR) is 91.8 cm³/mol. The number of hydrogen-bond acceptors (Lipinski definition) is 5. The fraction of sp³-hybridized carbons (Fsp3) is 0.611. The number of rotatable bonds is 6. The zero-order chi connectivity index (χ0) is 17.2. The molecule has 0 radical (unpaired) electrons. The van der Waals surface area contributed by atoms with Crippen molar-refractivity contribution < 1.29 is 9.21 Å². The van der Waals surface area contributed by atoms with Gasteiger partial charge in [-0.25, -0.2) is 0 Å². The molecule has 0 N–H and O–H groups in total. The van der Waals surface area contributed by atoms with Gasteiger partial charge in [0.1, 0.15) is 5.76 Å². The Kier molecular flexibility index (Phi) is 4.57. The third kappa shape index (κ3) is 3.92. The number of carbonyl (C=O) groups is 1. The Morgan fingerprint density at radius 1 is 1.32 bits per heavy atom. The minimum atomic E-state index is -0.0481. The van der Waals surface area contributed by atoms with E-state index in [1.54, 1.807) is 12.5 Å². The first-order valence-electron chi connectivity index (χ1n) is 9.11. The summed E-state index contributed by atoms with van der Waals surface area (Å²) in [4.78, 5) is 17.3. The van der Waals surface area contributed by atoms with E-state index in [4.69, 9.17) is 4.42 Å². The zero-order valence-electron chi connectivity index (χ0n) is 14.7. The molecule has 1 aliphatic carbocycles. The van der Waals surface area contributed by atoms with Crippen LogP contribution < -0.4 is 0 Å². The number of hydrogen-bond donors (Lipinski definition) is 0. The molecule has 25 heavy (non-hydrogen) atoms. The highest BCUT2D eigenvalue weighted by atomic mass is 16.3. The standard InChI is InChI=1S/C18H25N5O2/c1-21-8-6-15(7-9-21)23(12-16-3-2-10-25-16)18(24)17-13-22(20-19-17)11-14-4-5-14/h2-3,10,13-15H,4-9,11-12H2,1H3. The Bertz CT molecular complexity index is 699. The van der Waals surface area contributed by atoms with Crippen LogP contribution in [0.3, 0.4) is 0 Å². The van der Waals surface area contributed by atoms with E-state index >= 15 is 0 Å². The molecule has 2 aromatic rings. The minimum absolute atomic E-state index is 0.0481. The highest BCUT2D eigenvalue weighted by Crippen LogP contribution is 2.30. The van der Waals surface area contributed by atoms with E-state index in [2.05, 4.69) is 22.3 Å². The summed E-state index contributed by atoms with van der Waals surface area (Å²) in [6, 6.07) is 3.99. The lowest BCUT2D eigenvalue weighted by atomic mass is 10.0. The second-order valence-electron chi connectivity index (χ2n) is 7.32. The van der Waals surface area contributed by atoms with Crippen LogP contribution >= 0.6 is 0 Å². The van der Waals surface area contributed by atoms with Crippen molar-refractivity contribution >= 4 is 5.91 Å². The Labute approximate surface area is 147 Å². The minimum Gasteiger partial charge on any atom is -0.467 e. The van der Waals surface area contributed by atoms with Crippen molar-refractivity contribution in [3.05, 3.63) is 36.0 Å². The maximum Gasteiger partial charge on any atom is 0.276 e. The molecule has 4 rings (SSSR count). The van der Waals surface area contributed by atoms with E-state index in [1.165, 1.54) is 12.8 Å². The summed E-state index contributed by atoms with van der Waals surface area (Å²) < 4.78 is 7.29. The molecule has 1 saturated heterocycles. The monoisotopic (exact) mass is 343 g/mol. The number of carbonyl (C=O) groups excluding carboxylic acids is 1. The number of nitrogens with zero attached hydrogens (tertiary/aromatic N) is 5. The van der Waals surface area contributed by atoms with Gasteiger partial charge in [0.05, 0.1) is 19.0 Å². The maximum absolute atomic E-state index is 13.1. The highest BCUT2D eigenvalue weighted by molar-refractivity contribution is 5.92. The lowest BCUT2D eigenvalue weighted by molar-refractivity contribution is 0.0544. The first kappa shape index (κ1) is 16.3. The van der Waals surface area contributed by atoms with Gasteiger partial charge in [0, 0.05) is 12.6 Å². The van der Waals surface area contributed by atoms with Crippen LogP contribution in [-0.4, -0.2) is 56.9 Å². The zero-order valence-corrected chi connectivity index (χ0v) is 14.7. The number of furan rings is 1. The fourth-order valence-corrected chi connectivity index (χ4v) is 3.44. The van der Waals surface area contributed by atoms with Gasteiger partial charge in [-0.05, 0) is 63.9 Å². The summed E-state index contributed by atoms with van der Waals surface area (Å²) in [6.07, 6.45) is 7.90. The smallest absolute Gasteiger partial charge is 0.276 e. The Morgan fingerprint density at radius 3 is 2.80 bits per heavy atom. The molecule has 0 bridgehead atoms. The van der Waals surface area contributed by atoms with Gasteiger partial charge in [-0.15, -0.1) is 5.10 Å². The second kappa shape index (κ2) is 7.00. The van der Waals surface area contributed by atoms with Gasteiger partial charge < -0.3 is 14.2 Å². The summed E-state index contributed by atoms with van der Waals surface area (Å²) in [5.74, 6) is 1.46. The average molecular weight is 343 g/mol. The van der Waals surface area contributed by atoms with Crippen LogP contribution in [-0.2, 0) is 13.1 Å². The Hall–Kier alpha value is -2.15. The topological polar surface area (TPSA) is 67.4 Å². The van der Waals surface area contributed by atoms with Crippen molar-refractivity contribution in [1.29, 1.82) is 0 Å². The lowest BCUT2D eigenvalue weighted by Crippen LogP contribution is -2.46. The molecule has 2 aliphatic rings. The quantitative estimate of drug-likeness (QED) is 0.803. The van der Waals surface area contributed by atoms with Crippen molar-refractivity contribution in [2.45, 2.75) is 44.8 Å². The third-order valence-corrected chi connectivity index (χ3v) is 5.20. The van der Waals surface area contributed by atoms with Crippen molar-refractivity contribution in [3.8, 4) is 0 Å². The molecule has 0 aromatic carbocycles. The first-order valence-corrected chi connectivity index (χ1v) is 9.11. The first-order chi connectivity index (χ1) is 12.2. The van der Waals surface area contributed by atoms with Gasteiger partial charge in [0.15, 0.2) is 5.69 Å². The molecule has 2 fully saturated rings. The van der Waals surface area contributed by atoms with Crippen LogP contribution in [0.5, 0.6) is 0 Å². The normalized spacial score (nSPS) is 19.2. The molecular weight excluding hydrogens is 318 g/mol. The number of piperidine rings is 1. The van der Waals surface area contributed by atoms with E-state index in [1.807, 2.05) is 21.7 Å². The average Bonchev–Trinajstić information content (AvgIpc) is 3.09. The molecule has 7 heteroatoms. The molecule has 7 nitrogen and oxygen atoms in total. The lowest BCUT2D eigenvalue weighted by Gasteiger charge is -2.36. The van der Waals surface area contributed by atoms with E-state index in [0.717, 1.165) is 38.2 Å². The largest absolute Gasteiger partial charge is 0.467 e. The van der Waals surface area contributed by atoms with Crippen LogP contribution in [0.2, 0.25) is 0 Å². The van der Waals surface area contributed by atoms with Gasteiger partial charge in [-0.1, -0.05) is 5.21 Å². The van der Waals surface area contributed by atoms with Gasteiger partial charge in [-0.2, -0.15) is 0 Å². The molecule has 1 amide bonds. The number of aromatic nitrogens is 3. The third-order valence-electron chi connectivity index (χ3n) is 5.20. The number of likely N-dealkylation sites (tertiary alicyclic amines) is 1. The molecule has 3 heterocycles. The molecule has 0 spiro atoms. The molecular formula is C18H25N5O2. The van der Waals surface area contributed by atoms with Crippen molar-refractivity contribution in [2.75, 3.05) is 20.1 Å². The highest BCUT2D eigenvalue weighted by Gasteiger charge is 2.30. The maximum atomic E-state index is 13.1. The van der Waals surface area contributed by atoms with Crippen LogP contribution in [0.1, 0.15) is 41.9 Å². The van der Waals surface area contributed by atoms with E-state index in [-0.39, 0.29) is 11.9 Å². The predicted octanol–water partition coefficient (Wildman–Crippen LogP) is 2.02. The molecule has 0 unspecified atom stereocenters. The van der Waals surface area contributed by atoms with E-state index in [0.29, 0.717) is 18.2 Å². The fourth-order valence-electron chi connectivity index (χ4n) is 3.44. The summed E-state index contributed by atoms with van der Waals surface area (Å²) >= 11 is 0. The van der Waals surface area contributed by atoms with Gasteiger partial charge in [-0.3, -0.25) is 9.48 Å². The van der Waals surface area contributed by atoms with E-state index in [9.17, 15) is 4.79 Å². The molecule has 134 valence electrons. The van der Waals surface area contributed by atoms with E-state index < -0.39 is 0 Å². The van der Waals surface area contributed by atoms with Crippen LogP contribution in [0.15, 0.2) is 29.0 Å². The van der Waals surface area contributed by atoms with Gasteiger partial charge in [0.25, 0.3) is 5.91 Å². The Balaban J connectivity index is 1.51. The van der Waals surface area contributed by atoms with Gasteiger partial charge >= 0.3 is 0 Å². The second-order valence-corrected chi connectivity index (χ2v) is 7.32. The molecule has 0 atom stereocenters. The number of amides is 1. The molecule has 2 aromatic heterocycles. The summed E-state index contributed by atoms with van der Waals surface area (Å²) in [7, 11) is 2.12. The van der Waals surface area contributed by atoms with Crippen LogP contribution in [0.25, 0.3) is 0 Å². The summed E-state index contributed by atoms with van der Waals surface area (Å²) in [5, 5.41) is 8.28. The molecule has 1 aliphatic heterocycles.